The van der Waals surface area contributed by atoms with E-state index < -0.39 is 30.0 Å². The largest absolute Gasteiger partial charge is 0.463 e. The maximum Gasteiger partial charge on any atom is 0.463 e. The fraction of sp³-hybridized carbons (Fsp3) is 0.812. The molecule has 2 heterocycles. The minimum Gasteiger partial charge on any atom is -0.443 e. The number of ether oxygens (including phenoxy) is 1. The molecule has 0 aromatic rings. The summed E-state index contributed by atoms with van der Waals surface area (Å²) < 4.78 is 17.4. The molecule has 2 aliphatic rings. The summed E-state index contributed by atoms with van der Waals surface area (Å²) >= 11 is 0. The summed E-state index contributed by atoms with van der Waals surface area (Å²) in [5.41, 5.74) is -1.21. The number of hydrogen-bond donors (Lipinski definition) is 0. The van der Waals surface area contributed by atoms with Crippen LogP contribution >= 0.6 is 0 Å². The summed E-state index contributed by atoms with van der Waals surface area (Å²) in [5.74, 6) is 1.75. The molecule has 128 valence electrons. The molecule has 7 heteroatoms. The molecule has 0 aromatic heterocycles. The maximum atomic E-state index is 12.3. The number of carbonyl (C=O) groups excluding carboxylic acids is 2. The van der Waals surface area contributed by atoms with Crippen molar-refractivity contribution >= 4 is 19.2 Å². The molecule has 2 rings (SSSR count). The summed E-state index contributed by atoms with van der Waals surface area (Å²) in [7, 11) is -0.462. The van der Waals surface area contributed by atoms with Gasteiger partial charge in [0.05, 0.1) is 11.2 Å². The van der Waals surface area contributed by atoms with Crippen molar-refractivity contribution in [1.82, 2.24) is 4.90 Å². The topological polar surface area (TPSA) is 65.1 Å². The molecule has 0 N–H and O–H groups in total. The van der Waals surface area contributed by atoms with Crippen LogP contribution in [0, 0.1) is 0 Å². The Labute approximate surface area is 138 Å². The number of allylic oxidation sites excluding steroid dienone is 1. The van der Waals surface area contributed by atoms with E-state index in [1.165, 1.54) is 4.90 Å². The van der Waals surface area contributed by atoms with Crippen molar-refractivity contribution in [2.75, 3.05) is 6.54 Å². The van der Waals surface area contributed by atoms with Gasteiger partial charge in [0, 0.05) is 18.8 Å². The first-order valence-electron chi connectivity index (χ1n) is 7.96. The van der Waals surface area contributed by atoms with Gasteiger partial charge in [-0.25, -0.2) is 9.59 Å². The van der Waals surface area contributed by atoms with E-state index in [2.05, 4.69) is 0 Å². The van der Waals surface area contributed by atoms with Gasteiger partial charge in [-0.1, -0.05) is 0 Å². The zero-order valence-electron chi connectivity index (χ0n) is 15.1. The highest BCUT2D eigenvalue weighted by molar-refractivity contribution is 6.47. The highest BCUT2D eigenvalue weighted by Crippen LogP contribution is 2.44. The third-order valence-electron chi connectivity index (χ3n) is 4.59. The molecule has 1 amide bonds. The normalized spacial score (nSPS) is 26.4. The van der Waals surface area contributed by atoms with Gasteiger partial charge in [-0.2, -0.15) is 0 Å². The van der Waals surface area contributed by atoms with E-state index >= 15 is 0 Å². The van der Waals surface area contributed by atoms with Crippen LogP contribution in [0.4, 0.5) is 4.79 Å². The van der Waals surface area contributed by atoms with E-state index in [-0.39, 0.29) is 5.82 Å². The van der Waals surface area contributed by atoms with Crippen LogP contribution in [0.25, 0.3) is 0 Å². The molecule has 1 atom stereocenters. The number of nitrogens with zero attached hydrogens (tertiary/aromatic N) is 1. The summed E-state index contributed by atoms with van der Waals surface area (Å²) in [6.07, 6.45) is -0.144. The Morgan fingerprint density at radius 2 is 1.78 bits per heavy atom. The van der Waals surface area contributed by atoms with Gasteiger partial charge in [0.15, 0.2) is 0 Å². The average molecular weight is 323 g/mol. The SMILES string of the molecule is CC(C)(C)OC(=O)N1CC(B2OC(C)(C)C(C)(C)O2)CC1=C=O. The second-order valence-electron chi connectivity index (χ2n) is 8.23. The van der Waals surface area contributed by atoms with E-state index in [4.69, 9.17) is 14.0 Å². The fourth-order valence-electron chi connectivity index (χ4n) is 2.63. The number of likely N-dealkylation sites (tertiary alicyclic amines) is 1. The Hall–Kier alpha value is -1.30. The molecule has 0 aliphatic carbocycles. The molecular weight excluding hydrogens is 297 g/mol. The van der Waals surface area contributed by atoms with Crippen LogP contribution in [0.1, 0.15) is 54.9 Å². The third kappa shape index (κ3) is 3.62. The monoisotopic (exact) mass is 323 g/mol. The first-order valence-corrected chi connectivity index (χ1v) is 7.96. The highest BCUT2D eigenvalue weighted by atomic mass is 16.7. The second kappa shape index (κ2) is 5.65. The molecule has 0 saturated carbocycles. The Bertz CT molecular complexity index is 529. The lowest BCUT2D eigenvalue weighted by atomic mass is 9.71. The number of carbonyl (C=O) groups is 1. The van der Waals surface area contributed by atoms with Crippen molar-refractivity contribution in [3.05, 3.63) is 5.70 Å². The molecule has 0 bridgehead atoms. The van der Waals surface area contributed by atoms with E-state index in [0.717, 1.165) is 0 Å². The average Bonchev–Trinajstić information content (AvgIpc) is 2.87. The van der Waals surface area contributed by atoms with Gasteiger partial charge in [-0.3, -0.25) is 4.90 Å². The molecule has 2 saturated heterocycles. The highest BCUT2D eigenvalue weighted by Gasteiger charge is 2.55. The van der Waals surface area contributed by atoms with Gasteiger partial charge in [0.2, 0.25) is 0 Å². The predicted molar refractivity (Wildman–Crippen MR) is 86.6 cm³/mol. The van der Waals surface area contributed by atoms with E-state index in [1.807, 2.05) is 33.6 Å². The molecular formula is C16H26BNO5. The van der Waals surface area contributed by atoms with Crippen LogP contribution in [0.2, 0.25) is 5.82 Å². The van der Waals surface area contributed by atoms with Crippen molar-refractivity contribution in [3.8, 4) is 0 Å². The van der Waals surface area contributed by atoms with Gasteiger partial charge in [0.1, 0.15) is 17.2 Å². The van der Waals surface area contributed by atoms with Crippen molar-refractivity contribution in [3.63, 3.8) is 0 Å². The smallest absolute Gasteiger partial charge is 0.443 e. The van der Waals surface area contributed by atoms with E-state index in [9.17, 15) is 9.59 Å². The number of amides is 1. The van der Waals surface area contributed by atoms with Crippen molar-refractivity contribution in [1.29, 1.82) is 0 Å². The predicted octanol–water partition coefficient (Wildman–Crippen LogP) is 2.81. The lowest BCUT2D eigenvalue weighted by Crippen LogP contribution is -2.41. The zero-order valence-corrected chi connectivity index (χ0v) is 15.1. The summed E-state index contributed by atoms with van der Waals surface area (Å²) in [5, 5.41) is 0. The van der Waals surface area contributed by atoms with Gasteiger partial charge in [0.25, 0.3) is 0 Å². The van der Waals surface area contributed by atoms with Crippen LogP contribution in [0.5, 0.6) is 0 Å². The second-order valence-corrected chi connectivity index (χ2v) is 8.23. The Morgan fingerprint density at radius 1 is 1.26 bits per heavy atom. The minimum atomic E-state index is -0.618. The van der Waals surface area contributed by atoms with Gasteiger partial charge in [-0.15, -0.1) is 0 Å². The molecule has 1 unspecified atom stereocenters. The molecule has 23 heavy (non-hydrogen) atoms. The Morgan fingerprint density at radius 3 is 2.22 bits per heavy atom. The molecule has 0 radical (unpaired) electrons. The number of rotatable bonds is 1. The summed E-state index contributed by atoms with van der Waals surface area (Å²) in [6.45, 7) is 13.6. The van der Waals surface area contributed by atoms with E-state index in [0.29, 0.717) is 18.7 Å². The first kappa shape index (κ1) is 18.0. The van der Waals surface area contributed by atoms with Crippen molar-refractivity contribution < 1.29 is 23.6 Å². The van der Waals surface area contributed by atoms with Crippen molar-refractivity contribution in [2.45, 2.75) is 77.5 Å². The molecule has 2 aliphatic heterocycles. The third-order valence-corrected chi connectivity index (χ3v) is 4.59. The van der Waals surface area contributed by atoms with Gasteiger partial charge >= 0.3 is 13.2 Å². The standard InChI is InChI=1S/C16H26BNO5/c1-14(2,3)21-13(20)18-9-11(8-12(18)10-19)17-22-15(4,5)16(6,7)23-17/h11H,8-9H2,1-7H3. The van der Waals surface area contributed by atoms with Crippen molar-refractivity contribution in [2.24, 2.45) is 0 Å². The van der Waals surface area contributed by atoms with Gasteiger partial charge in [-0.05, 0) is 48.5 Å². The van der Waals surface area contributed by atoms with Crippen LogP contribution in [0.15, 0.2) is 5.70 Å². The van der Waals surface area contributed by atoms with E-state index in [1.54, 1.807) is 20.8 Å². The lowest BCUT2D eigenvalue weighted by molar-refractivity contribution is 0.00578. The first-order chi connectivity index (χ1) is 10.4. The minimum absolute atomic E-state index is 0.111. The van der Waals surface area contributed by atoms with Crippen LogP contribution < -0.4 is 0 Å². The molecule has 0 spiro atoms. The van der Waals surface area contributed by atoms with Gasteiger partial charge < -0.3 is 14.0 Å². The molecule has 2 fully saturated rings. The lowest BCUT2D eigenvalue weighted by Gasteiger charge is -2.32. The summed E-state index contributed by atoms with van der Waals surface area (Å²) in [6, 6.07) is 0. The van der Waals surface area contributed by atoms with Crippen LogP contribution in [-0.2, 0) is 18.8 Å². The molecule has 0 aromatic carbocycles. The molecule has 6 nitrogen and oxygen atoms in total. The Kier molecular flexibility index (Phi) is 4.44. The quantitative estimate of drug-likeness (QED) is 0.548. The fourth-order valence-corrected chi connectivity index (χ4v) is 2.63. The Balaban J connectivity index is 2.11. The van der Waals surface area contributed by atoms with Crippen LogP contribution in [-0.4, -0.2) is 47.4 Å². The number of hydrogen-bond acceptors (Lipinski definition) is 5. The summed E-state index contributed by atoms with van der Waals surface area (Å²) in [4.78, 5) is 24.8. The maximum absolute atomic E-state index is 12.3. The zero-order chi connectivity index (χ0) is 17.6. The van der Waals surface area contributed by atoms with Crippen LogP contribution in [0.3, 0.4) is 0 Å².